The summed E-state index contributed by atoms with van der Waals surface area (Å²) in [6.45, 7) is 0.530. The van der Waals surface area contributed by atoms with Crippen molar-refractivity contribution in [2.75, 3.05) is 11.9 Å². The Kier molecular flexibility index (Phi) is 6.37. The molecule has 1 aromatic heterocycles. The summed E-state index contributed by atoms with van der Waals surface area (Å²) in [5.41, 5.74) is 3.23. The Balaban J connectivity index is 1.40. The molecule has 0 fully saturated rings. The van der Waals surface area contributed by atoms with Crippen LogP contribution < -0.4 is 10.1 Å². The van der Waals surface area contributed by atoms with Gasteiger partial charge in [0, 0.05) is 24.5 Å². The summed E-state index contributed by atoms with van der Waals surface area (Å²) in [6, 6.07) is 21.6. The van der Waals surface area contributed by atoms with E-state index in [2.05, 4.69) is 10.3 Å². The number of nitrogens with one attached hydrogen (secondary N) is 1. The topological polar surface area (TPSA) is 51.2 Å². The van der Waals surface area contributed by atoms with Gasteiger partial charge in [-0.3, -0.25) is 9.78 Å². The molecule has 0 bridgehead atoms. The molecule has 1 heterocycles. The van der Waals surface area contributed by atoms with Gasteiger partial charge in [0.1, 0.15) is 5.75 Å². The molecule has 1 amide bonds. The molecule has 0 unspecified atom stereocenters. The van der Waals surface area contributed by atoms with Crippen molar-refractivity contribution >= 4 is 11.6 Å². The number of carbonyl (C=O) groups excluding carboxylic acids is 1. The van der Waals surface area contributed by atoms with Crippen molar-refractivity contribution in [1.29, 1.82) is 0 Å². The number of carbonyl (C=O) groups is 1. The molecule has 0 saturated heterocycles. The standard InChI is InChI=1S/C22H22N2O2/c25-22(7-4-16-26-21-5-2-1-3-6-21)24-20-10-8-18(9-11-20)17-19-12-14-23-15-13-19/h1-3,5-6,8-15H,4,7,16-17H2,(H,24,25). The minimum absolute atomic E-state index is 0.00328. The largest absolute Gasteiger partial charge is 0.494 e. The first-order chi connectivity index (χ1) is 12.8. The van der Waals surface area contributed by atoms with Crippen molar-refractivity contribution in [2.45, 2.75) is 19.3 Å². The molecule has 3 rings (SSSR count). The molecular weight excluding hydrogens is 324 g/mol. The monoisotopic (exact) mass is 346 g/mol. The van der Waals surface area contributed by atoms with Gasteiger partial charge in [-0.2, -0.15) is 0 Å². The Hall–Kier alpha value is -3.14. The van der Waals surface area contributed by atoms with Gasteiger partial charge in [-0.05, 0) is 60.4 Å². The number of rotatable bonds is 8. The Morgan fingerprint density at radius 3 is 2.31 bits per heavy atom. The fourth-order valence-corrected chi connectivity index (χ4v) is 2.61. The van der Waals surface area contributed by atoms with Crippen molar-refractivity contribution in [3.8, 4) is 5.75 Å². The van der Waals surface area contributed by atoms with Gasteiger partial charge in [-0.1, -0.05) is 30.3 Å². The molecule has 0 spiro atoms. The number of para-hydroxylation sites is 1. The molecule has 4 heteroatoms. The van der Waals surface area contributed by atoms with E-state index in [9.17, 15) is 4.79 Å². The maximum absolute atomic E-state index is 12.0. The zero-order chi connectivity index (χ0) is 18.0. The average molecular weight is 346 g/mol. The summed E-state index contributed by atoms with van der Waals surface area (Å²) < 4.78 is 5.59. The quantitative estimate of drug-likeness (QED) is 0.612. The second-order valence-electron chi connectivity index (χ2n) is 6.04. The van der Waals surface area contributed by atoms with Crippen molar-refractivity contribution in [3.05, 3.63) is 90.3 Å². The second-order valence-corrected chi connectivity index (χ2v) is 6.04. The molecule has 0 saturated carbocycles. The lowest BCUT2D eigenvalue weighted by Gasteiger charge is -2.08. The van der Waals surface area contributed by atoms with Gasteiger partial charge in [-0.25, -0.2) is 0 Å². The smallest absolute Gasteiger partial charge is 0.224 e. The zero-order valence-electron chi connectivity index (χ0n) is 14.6. The Bertz CT molecular complexity index is 803. The number of aromatic nitrogens is 1. The van der Waals surface area contributed by atoms with E-state index in [1.807, 2.05) is 66.7 Å². The maximum atomic E-state index is 12.0. The normalized spacial score (nSPS) is 10.3. The summed E-state index contributed by atoms with van der Waals surface area (Å²) in [6.07, 6.45) is 5.57. The molecule has 3 aromatic rings. The SMILES string of the molecule is O=C(CCCOc1ccccc1)Nc1ccc(Cc2ccncc2)cc1. The van der Waals surface area contributed by atoms with Crippen LogP contribution >= 0.6 is 0 Å². The van der Waals surface area contributed by atoms with E-state index in [0.29, 0.717) is 19.4 Å². The summed E-state index contributed by atoms with van der Waals surface area (Å²) in [7, 11) is 0. The minimum atomic E-state index is 0.00328. The molecule has 26 heavy (non-hydrogen) atoms. The van der Waals surface area contributed by atoms with Gasteiger partial charge in [0.15, 0.2) is 0 Å². The summed E-state index contributed by atoms with van der Waals surface area (Å²) in [5, 5.41) is 2.93. The molecule has 4 nitrogen and oxygen atoms in total. The molecule has 0 atom stereocenters. The number of amides is 1. The van der Waals surface area contributed by atoms with Crippen LogP contribution in [-0.4, -0.2) is 17.5 Å². The fourth-order valence-electron chi connectivity index (χ4n) is 2.61. The molecule has 0 aliphatic heterocycles. The van der Waals surface area contributed by atoms with Gasteiger partial charge in [0.25, 0.3) is 0 Å². The number of anilines is 1. The third kappa shape index (κ3) is 5.74. The number of benzene rings is 2. The van der Waals surface area contributed by atoms with Gasteiger partial charge in [0.2, 0.25) is 5.91 Å². The van der Waals surface area contributed by atoms with Gasteiger partial charge in [0.05, 0.1) is 6.61 Å². The zero-order valence-corrected chi connectivity index (χ0v) is 14.6. The van der Waals surface area contributed by atoms with Crippen molar-refractivity contribution in [1.82, 2.24) is 4.98 Å². The summed E-state index contributed by atoms with van der Waals surface area (Å²) in [4.78, 5) is 16.1. The Morgan fingerprint density at radius 1 is 0.885 bits per heavy atom. The van der Waals surface area contributed by atoms with Crippen LogP contribution in [0.2, 0.25) is 0 Å². The number of hydrogen-bond acceptors (Lipinski definition) is 3. The first-order valence-electron chi connectivity index (χ1n) is 8.75. The third-order valence-electron chi connectivity index (χ3n) is 3.96. The van der Waals surface area contributed by atoms with Crippen LogP contribution in [0.4, 0.5) is 5.69 Å². The van der Waals surface area contributed by atoms with Gasteiger partial charge >= 0.3 is 0 Å². The summed E-state index contributed by atoms with van der Waals surface area (Å²) in [5.74, 6) is 0.834. The minimum Gasteiger partial charge on any atom is -0.494 e. The Labute approximate surface area is 153 Å². The van der Waals surface area contributed by atoms with E-state index >= 15 is 0 Å². The van der Waals surface area contributed by atoms with Crippen LogP contribution in [0, 0.1) is 0 Å². The van der Waals surface area contributed by atoms with Crippen LogP contribution in [0.25, 0.3) is 0 Å². The van der Waals surface area contributed by atoms with Crippen LogP contribution in [-0.2, 0) is 11.2 Å². The van der Waals surface area contributed by atoms with E-state index in [1.54, 1.807) is 12.4 Å². The molecule has 0 radical (unpaired) electrons. The van der Waals surface area contributed by atoms with E-state index < -0.39 is 0 Å². The van der Waals surface area contributed by atoms with Crippen molar-refractivity contribution in [3.63, 3.8) is 0 Å². The van der Waals surface area contributed by atoms with E-state index in [0.717, 1.165) is 17.9 Å². The average Bonchev–Trinajstić information content (AvgIpc) is 2.68. The van der Waals surface area contributed by atoms with Crippen LogP contribution in [0.1, 0.15) is 24.0 Å². The van der Waals surface area contributed by atoms with Crippen molar-refractivity contribution in [2.24, 2.45) is 0 Å². The second kappa shape index (κ2) is 9.37. The number of pyridine rings is 1. The highest BCUT2D eigenvalue weighted by molar-refractivity contribution is 5.90. The summed E-state index contributed by atoms with van der Waals surface area (Å²) >= 11 is 0. The van der Waals surface area contributed by atoms with Gasteiger partial charge in [-0.15, -0.1) is 0 Å². The molecule has 132 valence electrons. The maximum Gasteiger partial charge on any atom is 0.224 e. The molecule has 0 aliphatic rings. The van der Waals surface area contributed by atoms with Crippen LogP contribution in [0.3, 0.4) is 0 Å². The lowest BCUT2D eigenvalue weighted by molar-refractivity contribution is -0.116. The van der Waals surface area contributed by atoms with E-state index in [4.69, 9.17) is 4.74 Å². The molecule has 0 aliphatic carbocycles. The van der Waals surface area contributed by atoms with Crippen LogP contribution in [0.5, 0.6) is 5.75 Å². The van der Waals surface area contributed by atoms with Crippen molar-refractivity contribution < 1.29 is 9.53 Å². The highest BCUT2D eigenvalue weighted by Crippen LogP contribution is 2.14. The van der Waals surface area contributed by atoms with Gasteiger partial charge < -0.3 is 10.1 Å². The highest BCUT2D eigenvalue weighted by atomic mass is 16.5. The predicted molar refractivity (Wildman–Crippen MR) is 103 cm³/mol. The Morgan fingerprint density at radius 2 is 1.58 bits per heavy atom. The lowest BCUT2D eigenvalue weighted by atomic mass is 10.1. The number of nitrogens with zero attached hydrogens (tertiary/aromatic N) is 1. The molecule has 1 N–H and O–H groups in total. The van der Waals surface area contributed by atoms with E-state index in [1.165, 1.54) is 11.1 Å². The first-order valence-corrected chi connectivity index (χ1v) is 8.75. The third-order valence-corrected chi connectivity index (χ3v) is 3.96. The highest BCUT2D eigenvalue weighted by Gasteiger charge is 2.03. The first kappa shape index (κ1) is 17.7. The number of ether oxygens (including phenoxy) is 1. The molecular formula is C22H22N2O2. The number of hydrogen-bond donors (Lipinski definition) is 1. The lowest BCUT2D eigenvalue weighted by Crippen LogP contribution is -2.12. The van der Waals surface area contributed by atoms with E-state index in [-0.39, 0.29) is 5.91 Å². The fraction of sp³-hybridized carbons (Fsp3) is 0.182. The predicted octanol–water partition coefficient (Wildman–Crippen LogP) is 4.47. The molecule has 2 aromatic carbocycles. The van der Waals surface area contributed by atoms with Crippen LogP contribution in [0.15, 0.2) is 79.1 Å².